The second-order valence-electron chi connectivity index (χ2n) is 8.45. The quantitative estimate of drug-likeness (QED) is 0.398. The summed E-state index contributed by atoms with van der Waals surface area (Å²) in [4.78, 5) is 16.4. The standard InChI is InChI=1S/C24H35FN4O2.ClH/c1-2-3-4-5-6-7-8-9-10-18-11-13-19(14-12-18)23-28-22(31-29-23)17-27-24(30)21-15-20(25)16-26-21;/h11-14,20-21,26H,2-10,15-17H2,1H3,(H,27,30);1H/t20-,21+;/m1./s1. The summed E-state index contributed by atoms with van der Waals surface area (Å²) in [6.07, 6.45) is 10.9. The van der Waals surface area contributed by atoms with Crippen LogP contribution < -0.4 is 10.6 Å². The summed E-state index contributed by atoms with van der Waals surface area (Å²) < 4.78 is 18.4. The molecule has 8 heteroatoms. The van der Waals surface area contributed by atoms with Crippen LogP contribution in [0.4, 0.5) is 4.39 Å². The Labute approximate surface area is 196 Å². The number of nitrogens with zero attached hydrogens (tertiary/aromatic N) is 2. The van der Waals surface area contributed by atoms with Crippen LogP contribution in [-0.2, 0) is 17.8 Å². The van der Waals surface area contributed by atoms with Crippen LogP contribution in [0.3, 0.4) is 0 Å². The van der Waals surface area contributed by atoms with Gasteiger partial charge in [0.2, 0.25) is 17.6 Å². The number of amides is 1. The minimum absolute atomic E-state index is 0. The van der Waals surface area contributed by atoms with Gasteiger partial charge in [-0.2, -0.15) is 4.98 Å². The number of hydrogen-bond donors (Lipinski definition) is 2. The van der Waals surface area contributed by atoms with Gasteiger partial charge in [0.25, 0.3) is 0 Å². The van der Waals surface area contributed by atoms with Crippen molar-refractivity contribution >= 4 is 18.3 Å². The van der Waals surface area contributed by atoms with Crippen LogP contribution in [0.5, 0.6) is 0 Å². The molecule has 32 heavy (non-hydrogen) atoms. The van der Waals surface area contributed by atoms with Gasteiger partial charge in [0, 0.05) is 18.5 Å². The SMILES string of the molecule is CCCCCCCCCCc1ccc(-c2noc(CNC(=O)[C@@H]3C[C@@H](F)CN3)n2)cc1.Cl. The highest BCUT2D eigenvalue weighted by atomic mass is 35.5. The average molecular weight is 467 g/mol. The molecule has 0 saturated carbocycles. The summed E-state index contributed by atoms with van der Waals surface area (Å²) in [6, 6.07) is 7.76. The van der Waals surface area contributed by atoms with Gasteiger partial charge in [-0.15, -0.1) is 12.4 Å². The summed E-state index contributed by atoms with van der Waals surface area (Å²) in [5.41, 5.74) is 2.21. The first-order valence-corrected chi connectivity index (χ1v) is 11.7. The number of alkyl halides is 1. The molecule has 0 bridgehead atoms. The van der Waals surface area contributed by atoms with E-state index >= 15 is 0 Å². The van der Waals surface area contributed by atoms with Crippen LogP contribution in [0.1, 0.15) is 76.2 Å². The molecule has 0 spiro atoms. The lowest BCUT2D eigenvalue weighted by Crippen LogP contribution is -2.40. The van der Waals surface area contributed by atoms with Crippen LogP contribution in [0.15, 0.2) is 28.8 Å². The van der Waals surface area contributed by atoms with Crippen LogP contribution in [0, 0.1) is 0 Å². The van der Waals surface area contributed by atoms with Gasteiger partial charge in [-0.25, -0.2) is 4.39 Å². The maximum atomic E-state index is 13.2. The number of nitrogens with one attached hydrogen (secondary N) is 2. The highest BCUT2D eigenvalue weighted by Gasteiger charge is 2.29. The zero-order chi connectivity index (χ0) is 21.9. The van der Waals surface area contributed by atoms with Gasteiger partial charge in [-0.1, -0.05) is 81.3 Å². The predicted molar refractivity (Wildman–Crippen MR) is 126 cm³/mol. The van der Waals surface area contributed by atoms with Gasteiger partial charge in [0.05, 0.1) is 12.6 Å². The van der Waals surface area contributed by atoms with Crippen LogP contribution in [0.2, 0.25) is 0 Å². The fourth-order valence-electron chi connectivity index (χ4n) is 3.91. The monoisotopic (exact) mass is 466 g/mol. The van der Waals surface area contributed by atoms with Gasteiger partial charge >= 0.3 is 0 Å². The molecule has 2 heterocycles. The first-order valence-electron chi connectivity index (χ1n) is 11.7. The smallest absolute Gasteiger partial charge is 0.246 e. The van der Waals surface area contributed by atoms with Crippen molar-refractivity contribution in [1.29, 1.82) is 0 Å². The lowest BCUT2D eigenvalue weighted by Gasteiger charge is -2.08. The number of rotatable bonds is 13. The number of aromatic nitrogens is 2. The Morgan fingerprint density at radius 3 is 2.47 bits per heavy atom. The Hall–Kier alpha value is -1.99. The van der Waals surface area contributed by atoms with Gasteiger partial charge in [0.1, 0.15) is 6.17 Å². The second kappa shape index (κ2) is 14.2. The molecule has 2 N–H and O–H groups in total. The lowest BCUT2D eigenvalue weighted by atomic mass is 10.0. The van der Waals surface area contributed by atoms with E-state index in [-0.39, 0.29) is 37.8 Å². The van der Waals surface area contributed by atoms with Crippen molar-refractivity contribution in [3.8, 4) is 11.4 Å². The van der Waals surface area contributed by atoms with Crippen molar-refractivity contribution in [2.45, 2.75) is 89.9 Å². The van der Waals surface area contributed by atoms with Gasteiger partial charge < -0.3 is 15.2 Å². The summed E-state index contributed by atoms with van der Waals surface area (Å²) in [5, 5.41) is 9.58. The number of benzene rings is 1. The van der Waals surface area contributed by atoms with E-state index in [4.69, 9.17) is 4.52 Å². The lowest BCUT2D eigenvalue weighted by molar-refractivity contribution is -0.123. The fourth-order valence-corrected chi connectivity index (χ4v) is 3.91. The molecule has 1 aliphatic heterocycles. The highest BCUT2D eigenvalue weighted by molar-refractivity contribution is 5.85. The molecule has 1 fully saturated rings. The molecule has 3 rings (SSSR count). The summed E-state index contributed by atoms with van der Waals surface area (Å²) in [5.74, 6) is 0.595. The number of carbonyl (C=O) groups is 1. The van der Waals surface area contributed by atoms with E-state index in [1.165, 1.54) is 56.9 Å². The molecule has 1 amide bonds. The molecular weight excluding hydrogens is 431 g/mol. The van der Waals surface area contributed by atoms with Gasteiger partial charge in [-0.3, -0.25) is 4.79 Å². The van der Waals surface area contributed by atoms with Gasteiger partial charge in [0.15, 0.2) is 0 Å². The summed E-state index contributed by atoms with van der Waals surface area (Å²) in [6.45, 7) is 2.61. The zero-order valence-electron chi connectivity index (χ0n) is 18.9. The van der Waals surface area contributed by atoms with E-state index < -0.39 is 12.2 Å². The minimum Gasteiger partial charge on any atom is -0.346 e. The van der Waals surface area contributed by atoms with E-state index in [1.807, 2.05) is 12.1 Å². The minimum atomic E-state index is -0.968. The molecule has 6 nitrogen and oxygen atoms in total. The number of aryl methyl sites for hydroxylation is 1. The summed E-state index contributed by atoms with van der Waals surface area (Å²) in [7, 11) is 0. The molecule has 0 radical (unpaired) electrons. The Morgan fingerprint density at radius 2 is 1.81 bits per heavy atom. The first-order chi connectivity index (χ1) is 15.2. The maximum absolute atomic E-state index is 13.2. The van der Waals surface area contributed by atoms with E-state index in [9.17, 15) is 9.18 Å². The molecule has 2 aromatic rings. The largest absolute Gasteiger partial charge is 0.346 e. The van der Waals surface area contributed by atoms with E-state index in [2.05, 4.69) is 39.8 Å². The Morgan fingerprint density at radius 1 is 1.12 bits per heavy atom. The summed E-state index contributed by atoms with van der Waals surface area (Å²) >= 11 is 0. The van der Waals surface area contributed by atoms with Crippen LogP contribution in [0.25, 0.3) is 11.4 Å². The number of halogens is 2. The van der Waals surface area contributed by atoms with E-state index in [0.717, 1.165) is 12.0 Å². The number of unbranched alkanes of at least 4 members (excludes halogenated alkanes) is 7. The van der Waals surface area contributed by atoms with Crippen molar-refractivity contribution in [3.05, 3.63) is 35.7 Å². The molecule has 2 atom stereocenters. The highest BCUT2D eigenvalue weighted by Crippen LogP contribution is 2.18. The normalized spacial score (nSPS) is 17.8. The zero-order valence-corrected chi connectivity index (χ0v) is 19.8. The van der Waals surface area contributed by atoms with Crippen LogP contribution >= 0.6 is 12.4 Å². The number of hydrogen-bond acceptors (Lipinski definition) is 5. The van der Waals surface area contributed by atoms with E-state index in [1.54, 1.807) is 0 Å². The Kier molecular flexibility index (Phi) is 11.7. The fraction of sp³-hybridized carbons (Fsp3) is 0.625. The topological polar surface area (TPSA) is 80.0 Å². The average Bonchev–Trinajstić information content (AvgIpc) is 3.44. The molecule has 1 aromatic carbocycles. The van der Waals surface area contributed by atoms with Crippen molar-refractivity contribution in [2.24, 2.45) is 0 Å². The van der Waals surface area contributed by atoms with Crippen LogP contribution in [-0.4, -0.2) is 34.8 Å². The third-order valence-corrected chi connectivity index (χ3v) is 5.81. The molecule has 1 aromatic heterocycles. The maximum Gasteiger partial charge on any atom is 0.246 e. The van der Waals surface area contributed by atoms with Crippen molar-refractivity contribution in [2.75, 3.05) is 6.54 Å². The van der Waals surface area contributed by atoms with Crippen molar-refractivity contribution in [3.63, 3.8) is 0 Å². The molecule has 178 valence electrons. The Balaban J connectivity index is 0.00000363. The Bertz CT molecular complexity index is 800. The molecule has 1 saturated heterocycles. The number of carbonyl (C=O) groups excluding carboxylic acids is 1. The third kappa shape index (κ3) is 8.51. The van der Waals surface area contributed by atoms with Crippen molar-refractivity contribution in [1.82, 2.24) is 20.8 Å². The van der Waals surface area contributed by atoms with E-state index in [0.29, 0.717) is 11.7 Å². The second-order valence-corrected chi connectivity index (χ2v) is 8.45. The van der Waals surface area contributed by atoms with Crippen molar-refractivity contribution < 1.29 is 13.7 Å². The molecule has 0 aliphatic carbocycles. The molecule has 1 aliphatic rings. The predicted octanol–water partition coefficient (Wildman–Crippen LogP) is 5.16. The third-order valence-electron chi connectivity index (χ3n) is 5.81. The van der Waals surface area contributed by atoms with Gasteiger partial charge in [-0.05, 0) is 18.4 Å². The molecular formula is C24H36ClFN4O2. The first kappa shape index (κ1) is 26.3. The molecule has 0 unspecified atom stereocenters.